The minimum atomic E-state index is -1.13. The van der Waals surface area contributed by atoms with Crippen LogP contribution in [0.1, 0.15) is 38.5 Å². The smallest absolute Gasteiger partial charge is 0.271 e. The van der Waals surface area contributed by atoms with Gasteiger partial charge in [-0.1, -0.05) is 54.6 Å². The fourth-order valence-corrected chi connectivity index (χ4v) is 6.92. The van der Waals surface area contributed by atoms with Crippen LogP contribution in [0.15, 0.2) is 102 Å². The number of methoxy groups -OCH3 is 1. The number of ether oxygens (including phenoxy) is 1. The van der Waals surface area contributed by atoms with E-state index in [1.165, 1.54) is 36.3 Å². The first-order valence-corrected chi connectivity index (χ1v) is 13.3. The zero-order valence-electron chi connectivity index (χ0n) is 22.0. The van der Waals surface area contributed by atoms with Gasteiger partial charge in [0, 0.05) is 17.7 Å². The zero-order valence-corrected chi connectivity index (χ0v) is 22.0. The number of carbonyl (C=O) groups excluding carboxylic acids is 3. The van der Waals surface area contributed by atoms with Crippen LogP contribution in [-0.4, -0.2) is 31.0 Å². The number of amides is 3. The quantitative estimate of drug-likeness (QED) is 0.222. The minimum absolute atomic E-state index is 0.321. The third kappa shape index (κ3) is 3.50. The van der Waals surface area contributed by atoms with E-state index in [1.54, 1.807) is 30.5 Å². The van der Waals surface area contributed by atoms with Crippen LogP contribution in [0.4, 0.5) is 10.1 Å². The number of carbonyl (C=O) groups is 3. The van der Waals surface area contributed by atoms with E-state index in [2.05, 4.69) is 10.5 Å². The van der Waals surface area contributed by atoms with Gasteiger partial charge in [-0.05, 0) is 64.7 Å². The highest BCUT2D eigenvalue weighted by Crippen LogP contribution is 2.63. The number of hydrogen-bond acceptors (Lipinski definition) is 5. The van der Waals surface area contributed by atoms with Gasteiger partial charge in [0.25, 0.3) is 5.91 Å². The molecule has 0 spiro atoms. The number of anilines is 1. The second-order valence-corrected chi connectivity index (χ2v) is 10.4. The van der Waals surface area contributed by atoms with E-state index in [-0.39, 0.29) is 17.7 Å². The Morgan fingerprint density at radius 1 is 0.902 bits per heavy atom. The van der Waals surface area contributed by atoms with E-state index in [9.17, 15) is 18.8 Å². The molecular weight excluding hydrogens is 521 g/mol. The van der Waals surface area contributed by atoms with Crippen LogP contribution in [0, 0.1) is 17.7 Å². The predicted molar refractivity (Wildman–Crippen MR) is 150 cm³/mol. The van der Waals surface area contributed by atoms with Crippen LogP contribution in [0.25, 0.3) is 0 Å². The maximum Gasteiger partial charge on any atom is 0.271 e. The van der Waals surface area contributed by atoms with Gasteiger partial charge in [0.15, 0.2) is 0 Å². The van der Waals surface area contributed by atoms with Gasteiger partial charge in [0.1, 0.15) is 11.6 Å². The molecule has 0 aromatic heterocycles. The summed E-state index contributed by atoms with van der Waals surface area (Å²) in [5, 5.41) is 4.42. The van der Waals surface area contributed by atoms with Gasteiger partial charge in [-0.3, -0.25) is 14.4 Å². The van der Waals surface area contributed by atoms with Gasteiger partial charge in [-0.25, -0.2) is 14.7 Å². The van der Waals surface area contributed by atoms with E-state index in [1.807, 2.05) is 48.5 Å². The molecule has 8 heteroatoms. The maximum absolute atomic E-state index is 14.3. The van der Waals surface area contributed by atoms with E-state index in [4.69, 9.17) is 4.74 Å². The normalized spacial score (nSPS) is 23.8. The Morgan fingerprint density at radius 3 is 2.22 bits per heavy atom. The largest absolute Gasteiger partial charge is 0.497 e. The van der Waals surface area contributed by atoms with Crippen molar-refractivity contribution in [3.8, 4) is 5.75 Å². The molecule has 4 aromatic rings. The van der Waals surface area contributed by atoms with E-state index in [0.29, 0.717) is 17.0 Å². The molecule has 4 aliphatic rings. The van der Waals surface area contributed by atoms with Crippen molar-refractivity contribution >= 4 is 29.6 Å². The molecule has 3 aliphatic carbocycles. The van der Waals surface area contributed by atoms with Gasteiger partial charge < -0.3 is 4.74 Å². The molecular formula is C33H24FN3O4. The molecule has 7 nitrogen and oxygen atoms in total. The van der Waals surface area contributed by atoms with Crippen LogP contribution in [0.3, 0.4) is 0 Å². The van der Waals surface area contributed by atoms with Crippen molar-refractivity contribution in [1.82, 2.24) is 5.43 Å². The second kappa shape index (κ2) is 9.23. The highest BCUT2D eigenvalue weighted by molar-refractivity contribution is 6.25. The Balaban J connectivity index is 1.38. The van der Waals surface area contributed by atoms with Gasteiger partial charge >= 0.3 is 0 Å². The average molecular weight is 546 g/mol. The number of nitrogens with one attached hydrogen (secondary N) is 1. The average Bonchev–Trinajstić information content (AvgIpc) is 3.28. The minimum Gasteiger partial charge on any atom is -0.497 e. The summed E-state index contributed by atoms with van der Waals surface area (Å²) >= 11 is 0. The zero-order chi connectivity index (χ0) is 28.3. The molecule has 3 amide bonds. The molecule has 202 valence electrons. The second-order valence-electron chi connectivity index (χ2n) is 10.4. The van der Waals surface area contributed by atoms with Gasteiger partial charge in [-0.15, -0.1) is 0 Å². The summed E-state index contributed by atoms with van der Waals surface area (Å²) in [7, 11) is 1.52. The molecule has 2 atom stereocenters. The Morgan fingerprint density at radius 2 is 1.56 bits per heavy atom. The lowest BCUT2D eigenvalue weighted by atomic mass is 9.47. The summed E-state index contributed by atoms with van der Waals surface area (Å²) in [5.41, 5.74) is 5.79. The van der Waals surface area contributed by atoms with Crippen molar-refractivity contribution in [3.63, 3.8) is 0 Å². The molecule has 0 radical (unpaired) electrons. The monoisotopic (exact) mass is 545 g/mol. The van der Waals surface area contributed by atoms with Crippen LogP contribution in [0.2, 0.25) is 0 Å². The topological polar surface area (TPSA) is 88.1 Å². The van der Waals surface area contributed by atoms with Crippen molar-refractivity contribution in [2.24, 2.45) is 16.9 Å². The molecule has 1 saturated heterocycles. The lowest BCUT2D eigenvalue weighted by Gasteiger charge is -2.52. The maximum atomic E-state index is 14.3. The highest BCUT2D eigenvalue weighted by Gasteiger charge is 2.68. The lowest BCUT2D eigenvalue weighted by Crippen LogP contribution is -2.54. The Hall–Kier alpha value is -5.11. The van der Waals surface area contributed by atoms with Gasteiger partial charge in [0.05, 0.1) is 30.0 Å². The van der Waals surface area contributed by atoms with Crippen molar-refractivity contribution < 1.29 is 23.5 Å². The lowest BCUT2D eigenvalue weighted by molar-refractivity contribution is -0.122. The molecule has 1 N–H and O–H groups in total. The molecule has 1 heterocycles. The number of halogens is 1. The molecule has 2 bridgehead atoms. The Kier molecular flexibility index (Phi) is 5.61. The number of nitrogens with zero attached hydrogens (tertiary/aromatic N) is 2. The molecule has 4 aromatic carbocycles. The molecule has 0 unspecified atom stereocenters. The first kappa shape index (κ1) is 24.9. The molecule has 41 heavy (non-hydrogen) atoms. The summed E-state index contributed by atoms with van der Waals surface area (Å²) < 4.78 is 19.0. The molecule has 1 aliphatic heterocycles. The van der Waals surface area contributed by atoms with Crippen LogP contribution >= 0.6 is 0 Å². The van der Waals surface area contributed by atoms with E-state index in [0.717, 1.165) is 22.3 Å². The fraction of sp³-hybridized carbons (Fsp3) is 0.152. The summed E-state index contributed by atoms with van der Waals surface area (Å²) in [6.07, 6.45) is 1.61. The van der Waals surface area contributed by atoms with Crippen LogP contribution in [0.5, 0.6) is 5.75 Å². The fourth-order valence-electron chi connectivity index (χ4n) is 6.92. The number of rotatable bonds is 5. The van der Waals surface area contributed by atoms with Crippen molar-refractivity contribution in [2.45, 2.75) is 11.3 Å². The summed E-state index contributed by atoms with van der Waals surface area (Å²) in [6.45, 7) is 0. The number of hydrogen-bond donors (Lipinski definition) is 1. The molecule has 1 fully saturated rings. The molecule has 0 saturated carbocycles. The summed E-state index contributed by atoms with van der Waals surface area (Å²) in [4.78, 5) is 42.6. The van der Waals surface area contributed by atoms with Crippen LogP contribution in [-0.2, 0) is 15.0 Å². The third-order valence-electron chi connectivity index (χ3n) is 8.53. The Labute approximate surface area is 235 Å². The SMILES string of the molecule is COc1cccc(C(=O)N/N=C\C23c4ccccc4C(c4ccccc42)[C@@H]2C(=O)N(c4ccc(F)cc4)C(=O)[C@@H]23)c1. The number of benzene rings is 4. The summed E-state index contributed by atoms with van der Waals surface area (Å²) in [6, 6.07) is 27.6. The van der Waals surface area contributed by atoms with Crippen molar-refractivity contribution in [1.29, 1.82) is 0 Å². The van der Waals surface area contributed by atoms with Gasteiger partial charge in [0.2, 0.25) is 11.8 Å². The first-order chi connectivity index (χ1) is 20.0. The third-order valence-corrected chi connectivity index (χ3v) is 8.53. The van der Waals surface area contributed by atoms with E-state index < -0.39 is 29.0 Å². The summed E-state index contributed by atoms with van der Waals surface area (Å²) in [5.74, 6) is -2.93. The highest BCUT2D eigenvalue weighted by atomic mass is 19.1. The van der Waals surface area contributed by atoms with Crippen LogP contribution < -0.4 is 15.1 Å². The first-order valence-electron chi connectivity index (χ1n) is 13.3. The van der Waals surface area contributed by atoms with Gasteiger partial charge in [-0.2, -0.15) is 5.10 Å². The Bertz CT molecular complexity index is 1720. The van der Waals surface area contributed by atoms with Crippen molar-refractivity contribution in [3.05, 3.63) is 131 Å². The number of hydrazone groups is 1. The molecule has 8 rings (SSSR count). The van der Waals surface area contributed by atoms with Crippen molar-refractivity contribution in [2.75, 3.05) is 12.0 Å². The standard InChI is InChI=1S/C33H24FN3O4/c1-41-22-8-6-7-19(17-22)30(38)36-35-18-33-25-11-4-2-9-23(25)27(24-10-3-5-12-26(24)33)28-29(33)32(40)37(31(28)39)21-15-13-20(34)14-16-21/h2-18,27-29H,1H3,(H,36,38)/b35-18-/t27?,28-,29+,33?/m0/s1. The number of imide groups is 1. The van der Waals surface area contributed by atoms with E-state index >= 15 is 0 Å². The predicted octanol–water partition coefficient (Wildman–Crippen LogP) is 4.80.